The third-order valence-electron chi connectivity index (χ3n) is 10.1. The first-order valence-electron chi connectivity index (χ1n) is 12.0. The summed E-state index contributed by atoms with van der Waals surface area (Å²) in [6.07, 6.45) is 10.8. The SMILES string of the molecule is C[C@]12CC[C@@H](S[C@H]3CCNC3)CC1[C@@H](CO)C[C@@H]1[C@@H]2CC[C@]2(C)C(=O)CC[C@@H]12. The Labute approximate surface area is 175 Å². The van der Waals surface area contributed by atoms with E-state index < -0.39 is 0 Å². The monoisotopic (exact) mass is 405 g/mol. The number of rotatable bonds is 3. The fourth-order valence-electron chi connectivity index (χ4n) is 8.58. The summed E-state index contributed by atoms with van der Waals surface area (Å²) >= 11 is 2.25. The number of thioether (sulfide) groups is 1. The number of carbonyl (C=O) groups is 1. The standard InChI is InChI=1S/C24H39NO2S/c1-23-8-5-16(28-17-7-10-25-13-17)12-21(23)15(14-26)11-18-19-3-4-22(27)24(19,2)9-6-20(18)23/h15-21,25-26H,3-14H2,1-2H3/t15-,16-,17+,18+,19+,20+,21?,23-,24+/m1/s1. The Morgan fingerprint density at radius 3 is 2.64 bits per heavy atom. The minimum Gasteiger partial charge on any atom is -0.396 e. The van der Waals surface area contributed by atoms with Gasteiger partial charge in [0.2, 0.25) is 0 Å². The average molecular weight is 406 g/mol. The van der Waals surface area contributed by atoms with Crippen molar-refractivity contribution >= 4 is 17.5 Å². The van der Waals surface area contributed by atoms with Crippen LogP contribution in [0.1, 0.15) is 71.6 Å². The van der Waals surface area contributed by atoms with E-state index in [0.29, 0.717) is 41.5 Å². The molecule has 5 fully saturated rings. The number of aliphatic hydroxyl groups excluding tert-OH is 1. The third-order valence-corrected chi connectivity index (χ3v) is 11.7. The van der Waals surface area contributed by atoms with Crippen LogP contribution >= 0.6 is 11.8 Å². The predicted octanol–water partition coefficient (Wildman–Crippen LogP) is 4.28. The number of hydrogen-bond acceptors (Lipinski definition) is 4. The van der Waals surface area contributed by atoms with E-state index in [1.165, 1.54) is 51.6 Å². The minimum atomic E-state index is -0.0487. The fraction of sp³-hybridized carbons (Fsp3) is 0.958. The first-order chi connectivity index (χ1) is 13.5. The van der Waals surface area contributed by atoms with Gasteiger partial charge in [-0.25, -0.2) is 0 Å². The van der Waals surface area contributed by atoms with Crippen LogP contribution in [0.3, 0.4) is 0 Å². The Hall–Kier alpha value is -0.0600. The van der Waals surface area contributed by atoms with Crippen LogP contribution in [-0.4, -0.2) is 41.1 Å². The molecule has 4 saturated carbocycles. The first-order valence-corrected chi connectivity index (χ1v) is 12.9. The van der Waals surface area contributed by atoms with Crippen molar-refractivity contribution < 1.29 is 9.90 Å². The van der Waals surface area contributed by atoms with E-state index in [9.17, 15) is 9.90 Å². The number of hydrogen-bond donors (Lipinski definition) is 2. The van der Waals surface area contributed by atoms with E-state index in [4.69, 9.17) is 0 Å². The normalized spacial score (nSPS) is 53.5. The maximum Gasteiger partial charge on any atom is 0.139 e. The molecule has 0 radical (unpaired) electrons. The van der Waals surface area contributed by atoms with E-state index in [0.717, 1.165) is 35.7 Å². The zero-order valence-corrected chi connectivity index (χ0v) is 18.6. The molecule has 158 valence electrons. The van der Waals surface area contributed by atoms with Gasteiger partial charge < -0.3 is 10.4 Å². The number of fused-ring (bicyclic) bond motifs is 5. The maximum atomic E-state index is 12.7. The maximum absolute atomic E-state index is 12.7. The van der Waals surface area contributed by atoms with Crippen molar-refractivity contribution in [2.24, 2.45) is 40.4 Å². The first kappa shape index (κ1) is 19.9. The van der Waals surface area contributed by atoms with Crippen molar-refractivity contribution in [3.05, 3.63) is 0 Å². The van der Waals surface area contributed by atoms with Gasteiger partial charge in [0.1, 0.15) is 5.78 Å². The van der Waals surface area contributed by atoms with Crippen LogP contribution in [0.25, 0.3) is 0 Å². The van der Waals surface area contributed by atoms with E-state index in [-0.39, 0.29) is 5.41 Å². The highest BCUT2D eigenvalue weighted by molar-refractivity contribution is 8.00. The molecule has 9 atom stereocenters. The molecule has 0 amide bonds. The highest BCUT2D eigenvalue weighted by atomic mass is 32.2. The molecule has 0 spiro atoms. The molecule has 0 aromatic carbocycles. The van der Waals surface area contributed by atoms with Crippen LogP contribution in [-0.2, 0) is 4.79 Å². The zero-order valence-electron chi connectivity index (χ0n) is 17.8. The van der Waals surface area contributed by atoms with Crippen LogP contribution < -0.4 is 5.32 Å². The van der Waals surface area contributed by atoms with Crippen LogP contribution in [0.5, 0.6) is 0 Å². The van der Waals surface area contributed by atoms with Gasteiger partial charge in [-0.1, -0.05) is 13.8 Å². The number of aliphatic hydroxyl groups is 1. The summed E-state index contributed by atoms with van der Waals surface area (Å²) in [6, 6.07) is 0. The summed E-state index contributed by atoms with van der Waals surface area (Å²) in [5.74, 6) is 3.71. The van der Waals surface area contributed by atoms with Gasteiger partial charge in [-0.3, -0.25) is 4.79 Å². The zero-order chi connectivity index (χ0) is 19.5. The van der Waals surface area contributed by atoms with Crippen LogP contribution in [0.15, 0.2) is 0 Å². The molecule has 1 heterocycles. The van der Waals surface area contributed by atoms with E-state index >= 15 is 0 Å². The van der Waals surface area contributed by atoms with Crippen molar-refractivity contribution in [2.75, 3.05) is 19.7 Å². The largest absolute Gasteiger partial charge is 0.396 e. The summed E-state index contributed by atoms with van der Waals surface area (Å²) in [6.45, 7) is 7.57. The lowest BCUT2D eigenvalue weighted by Gasteiger charge is -2.62. The number of nitrogens with one attached hydrogen (secondary N) is 1. The molecule has 3 nitrogen and oxygen atoms in total. The van der Waals surface area contributed by atoms with Gasteiger partial charge >= 0.3 is 0 Å². The van der Waals surface area contributed by atoms with E-state index in [2.05, 4.69) is 30.9 Å². The van der Waals surface area contributed by atoms with Crippen LogP contribution in [0, 0.1) is 40.4 Å². The molecular formula is C24H39NO2S. The van der Waals surface area contributed by atoms with Crippen molar-refractivity contribution in [1.29, 1.82) is 0 Å². The van der Waals surface area contributed by atoms with Crippen LogP contribution in [0.2, 0.25) is 0 Å². The van der Waals surface area contributed by atoms with Gasteiger partial charge in [0.15, 0.2) is 0 Å². The highest BCUT2D eigenvalue weighted by Crippen LogP contribution is 2.67. The lowest BCUT2D eigenvalue weighted by molar-refractivity contribution is -0.149. The van der Waals surface area contributed by atoms with Crippen LogP contribution in [0.4, 0.5) is 0 Å². The Morgan fingerprint density at radius 1 is 1.04 bits per heavy atom. The molecule has 5 aliphatic rings. The molecular weight excluding hydrogens is 366 g/mol. The van der Waals surface area contributed by atoms with E-state index in [1.54, 1.807) is 0 Å². The minimum absolute atomic E-state index is 0.0487. The molecule has 0 aromatic rings. The number of Topliss-reactive ketones (excluding diaryl/α,β-unsaturated/α-hetero) is 1. The lowest BCUT2D eigenvalue weighted by Crippen LogP contribution is -2.57. The highest BCUT2D eigenvalue weighted by Gasteiger charge is 2.62. The molecule has 28 heavy (non-hydrogen) atoms. The molecule has 1 saturated heterocycles. The topological polar surface area (TPSA) is 49.3 Å². The Balaban J connectivity index is 1.37. The number of ketones is 1. The molecule has 1 unspecified atom stereocenters. The molecule has 0 bridgehead atoms. The van der Waals surface area contributed by atoms with Crippen molar-refractivity contribution in [2.45, 2.75) is 82.1 Å². The summed E-state index contributed by atoms with van der Waals surface area (Å²) in [7, 11) is 0. The Bertz CT molecular complexity index is 620. The molecule has 2 N–H and O–H groups in total. The summed E-state index contributed by atoms with van der Waals surface area (Å²) in [4.78, 5) is 12.7. The second-order valence-electron chi connectivity index (χ2n) is 11.2. The van der Waals surface area contributed by atoms with Gasteiger partial charge in [-0.15, -0.1) is 0 Å². The summed E-state index contributed by atoms with van der Waals surface area (Å²) in [5.41, 5.74) is 0.334. The second kappa shape index (κ2) is 7.27. The lowest BCUT2D eigenvalue weighted by atomic mass is 9.43. The second-order valence-corrected chi connectivity index (χ2v) is 12.8. The molecule has 4 heteroatoms. The number of carbonyl (C=O) groups excluding carboxylic acids is 1. The average Bonchev–Trinajstić information content (AvgIpc) is 3.30. The quantitative estimate of drug-likeness (QED) is 0.736. The van der Waals surface area contributed by atoms with Gasteiger partial charge in [-0.05, 0) is 92.9 Å². The van der Waals surface area contributed by atoms with Gasteiger partial charge in [-0.2, -0.15) is 11.8 Å². The summed E-state index contributed by atoms with van der Waals surface area (Å²) in [5, 5.41) is 15.5. The van der Waals surface area contributed by atoms with Crippen molar-refractivity contribution in [3.8, 4) is 0 Å². The van der Waals surface area contributed by atoms with Gasteiger partial charge in [0, 0.05) is 35.5 Å². The molecule has 5 rings (SSSR count). The fourth-order valence-corrected chi connectivity index (χ4v) is 10.2. The van der Waals surface area contributed by atoms with Gasteiger partial charge in [0.25, 0.3) is 0 Å². The van der Waals surface area contributed by atoms with Crippen molar-refractivity contribution in [3.63, 3.8) is 0 Å². The molecule has 0 aromatic heterocycles. The molecule has 4 aliphatic carbocycles. The predicted molar refractivity (Wildman–Crippen MR) is 115 cm³/mol. The van der Waals surface area contributed by atoms with Crippen molar-refractivity contribution in [1.82, 2.24) is 5.32 Å². The summed E-state index contributed by atoms with van der Waals surface area (Å²) < 4.78 is 0. The van der Waals surface area contributed by atoms with E-state index in [1.807, 2.05) is 0 Å². The van der Waals surface area contributed by atoms with Gasteiger partial charge in [0.05, 0.1) is 0 Å². The Kier molecular flexibility index (Phi) is 5.16. The molecule has 1 aliphatic heterocycles. The smallest absolute Gasteiger partial charge is 0.139 e. The Morgan fingerprint density at radius 2 is 1.89 bits per heavy atom. The third kappa shape index (κ3) is 2.95.